The number of hydrogen-bond donors (Lipinski definition) is 2. The van der Waals surface area contributed by atoms with Crippen LogP contribution in [0, 0.1) is 0 Å². The average Bonchev–Trinajstić information content (AvgIpc) is 2.96. The summed E-state index contributed by atoms with van der Waals surface area (Å²) in [5.74, 6) is -0.362. The van der Waals surface area contributed by atoms with Gasteiger partial charge in [0.1, 0.15) is 5.76 Å². The van der Waals surface area contributed by atoms with E-state index in [0.717, 1.165) is 16.5 Å². The third kappa shape index (κ3) is 3.05. The summed E-state index contributed by atoms with van der Waals surface area (Å²) in [6.07, 6.45) is 0.601. The number of aromatic carboxylic acids is 1. The van der Waals surface area contributed by atoms with Crippen LogP contribution in [0.15, 0.2) is 46.9 Å². The standard InChI is InChI=1S/C17H12ClNO4/c18-15-7-12(10-1-3-11(4-2-10)17(21)22)5-13-6-14(8-19-9-20)23-16(13)15/h1-7,9H,8H2,(H,19,20)(H,21,22). The first-order valence-electron chi connectivity index (χ1n) is 6.81. The SMILES string of the molecule is O=CNCc1cc2cc(-c3ccc(C(=O)O)cc3)cc(Cl)c2o1. The molecular weight excluding hydrogens is 318 g/mol. The lowest BCUT2D eigenvalue weighted by Crippen LogP contribution is -2.08. The third-order valence-electron chi connectivity index (χ3n) is 3.45. The van der Waals surface area contributed by atoms with Crippen molar-refractivity contribution in [1.82, 2.24) is 5.32 Å². The van der Waals surface area contributed by atoms with Crippen molar-refractivity contribution in [2.45, 2.75) is 6.54 Å². The molecule has 23 heavy (non-hydrogen) atoms. The van der Waals surface area contributed by atoms with Crippen molar-refractivity contribution in [2.75, 3.05) is 0 Å². The predicted octanol–water partition coefficient (Wildman–Crippen LogP) is 3.70. The summed E-state index contributed by atoms with van der Waals surface area (Å²) in [5, 5.41) is 12.7. The van der Waals surface area contributed by atoms with Gasteiger partial charge >= 0.3 is 5.97 Å². The molecule has 0 bridgehead atoms. The molecule has 0 fully saturated rings. The summed E-state index contributed by atoms with van der Waals surface area (Å²) < 4.78 is 5.61. The zero-order valence-electron chi connectivity index (χ0n) is 11.9. The number of carbonyl (C=O) groups is 2. The van der Waals surface area contributed by atoms with Crippen molar-refractivity contribution < 1.29 is 19.1 Å². The van der Waals surface area contributed by atoms with Crippen LogP contribution in [0.5, 0.6) is 0 Å². The number of carbonyl (C=O) groups excluding carboxylic acids is 1. The number of carboxylic acid groups (broad SMARTS) is 1. The van der Waals surface area contributed by atoms with Gasteiger partial charge in [-0.2, -0.15) is 0 Å². The highest BCUT2D eigenvalue weighted by molar-refractivity contribution is 6.35. The van der Waals surface area contributed by atoms with Gasteiger partial charge in [0.15, 0.2) is 5.58 Å². The Morgan fingerprint density at radius 1 is 1.17 bits per heavy atom. The zero-order valence-corrected chi connectivity index (χ0v) is 12.6. The molecule has 1 amide bonds. The quantitative estimate of drug-likeness (QED) is 0.699. The number of nitrogens with one attached hydrogen (secondary N) is 1. The van der Waals surface area contributed by atoms with Gasteiger partial charge in [0.25, 0.3) is 0 Å². The number of amides is 1. The molecule has 116 valence electrons. The summed E-state index contributed by atoms with van der Waals surface area (Å²) in [5.41, 5.74) is 2.49. The third-order valence-corrected chi connectivity index (χ3v) is 3.73. The smallest absolute Gasteiger partial charge is 0.335 e. The largest absolute Gasteiger partial charge is 0.478 e. The van der Waals surface area contributed by atoms with E-state index in [2.05, 4.69) is 5.32 Å². The Kier molecular flexibility index (Phi) is 4.04. The predicted molar refractivity (Wildman–Crippen MR) is 86.5 cm³/mol. The normalized spacial score (nSPS) is 10.7. The lowest BCUT2D eigenvalue weighted by Gasteiger charge is -2.04. The number of hydrogen-bond acceptors (Lipinski definition) is 3. The summed E-state index contributed by atoms with van der Waals surface area (Å²) in [4.78, 5) is 21.3. The van der Waals surface area contributed by atoms with Crippen LogP contribution < -0.4 is 5.32 Å². The van der Waals surface area contributed by atoms with Crippen molar-refractivity contribution in [3.8, 4) is 11.1 Å². The molecule has 6 heteroatoms. The number of benzene rings is 2. The molecule has 1 heterocycles. The lowest BCUT2D eigenvalue weighted by molar-refractivity contribution is -0.109. The van der Waals surface area contributed by atoms with Gasteiger partial charge in [-0.1, -0.05) is 23.7 Å². The molecule has 0 spiro atoms. The lowest BCUT2D eigenvalue weighted by atomic mass is 10.0. The summed E-state index contributed by atoms with van der Waals surface area (Å²) in [7, 11) is 0. The number of rotatable bonds is 5. The summed E-state index contributed by atoms with van der Waals surface area (Å²) >= 11 is 6.26. The monoisotopic (exact) mass is 329 g/mol. The molecule has 0 aliphatic rings. The van der Waals surface area contributed by atoms with Crippen LogP contribution >= 0.6 is 11.6 Å². The molecule has 0 aliphatic carbocycles. The molecule has 2 N–H and O–H groups in total. The van der Waals surface area contributed by atoms with Gasteiger partial charge in [-0.15, -0.1) is 0 Å². The van der Waals surface area contributed by atoms with Gasteiger partial charge < -0.3 is 14.8 Å². The van der Waals surface area contributed by atoms with Crippen LogP contribution in [0.1, 0.15) is 16.1 Å². The molecule has 0 aliphatic heterocycles. The Hall–Kier alpha value is -2.79. The van der Waals surface area contributed by atoms with E-state index in [-0.39, 0.29) is 12.1 Å². The van der Waals surface area contributed by atoms with E-state index < -0.39 is 5.97 Å². The average molecular weight is 330 g/mol. The maximum atomic E-state index is 10.9. The van der Waals surface area contributed by atoms with Crippen molar-refractivity contribution in [2.24, 2.45) is 0 Å². The van der Waals surface area contributed by atoms with E-state index in [0.29, 0.717) is 22.8 Å². The molecule has 0 radical (unpaired) electrons. The van der Waals surface area contributed by atoms with Gasteiger partial charge in [0, 0.05) is 5.39 Å². The Morgan fingerprint density at radius 2 is 1.91 bits per heavy atom. The van der Waals surface area contributed by atoms with E-state index in [4.69, 9.17) is 21.1 Å². The molecule has 5 nitrogen and oxygen atoms in total. The van der Waals surface area contributed by atoms with Crippen LogP contribution in [-0.4, -0.2) is 17.5 Å². The second-order valence-corrected chi connectivity index (χ2v) is 5.38. The molecule has 3 rings (SSSR count). The fourth-order valence-corrected chi connectivity index (χ4v) is 2.63. The van der Waals surface area contributed by atoms with Crippen LogP contribution in [0.25, 0.3) is 22.1 Å². The van der Waals surface area contributed by atoms with E-state index in [9.17, 15) is 9.59 Å². The van der Waals surface area contributed by atoms with E-state index in [1.165, 1.54) is 0 Å². The van der Waals surface area contributed by atoms with E-state index in [1.807, 2.05) is 12.1 Å². The van der Waals surface area contributed by atoms with E-state index >= 15 is 0 Å². The summed E-state index contributed by atoms with van der Waals surface area (Å²) in [6.45, 7) is 0.289. The second-order valence-electron chi connectivity index (χ2n) is 4.97. The topological polar surface area (TPSA) is 79.5 Å². The molecule has 2 aromatic carbocycles. The molecule has 1 aromatic heterocycles. The first-order chi connectivity index (χ1) is 11.1. The number of carboxylic acids is 1. The Balaban J connectivity index is 2.01. The highest BCUT2D eigenvalue weighted by Crippen LogP contribution is 2.33. The first-order valence-corrected chi connectivity index (χ1v) is 7.19. The Labute approximate surface area is 136 Å². The van der Waals surface area contributed by atoms with Gasteiger partial charge in [-0.25, -0.2) is 4.79 Å². The number of halogens is 1. The van der Waals surface area contributed by atoms with Crippen LogP contribution in [0.4, 0.5) is 0 Å². The van der Waals surface area contributed by atoms with Crippen LogP contribution in [0.3, 0.4) is 0 Å². The molecular formula is C17H12ClNO4. The Morgan fingerprint density at radius 3 is 2.57 bits per heavy atom. The molecule has 0 saturated carbocycles. The maximum Gasteiger partial charge on any atom is 0.335 e. The van der Waals surface area contributed by atoms with Gasteiger partial charge in [-0.3, -0.25) is 4.79 Å². The fraction of sp³-hybridized carbons (Fsp3) is 0.0588. The van der Waals surface area contributed by atoms with E-state index in [1.54, 1.807) is 30.3 Å². The first kappa shape index (κ1) is 15.1. The summed E-state index contributed by atoms with van der Waals surface area (Å²) in [6, 6.07) is 12.0. The van der Waals surface area contributed by atoms with Crippen molar-refractivity contribution in [3.05, 3.63) is 58.8 Å². The van der Waals surface area contributed by atoms with Gasteiger partial charge in [0.2, 0.25) is 6.41 Å². The fourth-order valence-electron chi connectivity index (χ4n) is 2.36. The molecule has 0 saturated heterocycles. The highest BCUT2D eigenvalue weighted by Gasteiger charge is 2.11. The molecule has 0 unspecified atom stereocenters. The number of fused-ring (bicyclic) bond motifs is 1. The van der Waals surface area contributed by atoms with Crippen molar-refractivity contribution in [3.63, 3.8) is 0 Å². The van der Waals surface area contributed by atoms with Crippen molar-refractivity contribution in [1.29, 1.82) is 0 Å². The molecule has 3 aromatic rings. The van der Waals surface area contributed by atoms with Crippen molar-refractivity contribution >= 4 is 34.9 Å². The zero-order chi connectivity index (χ0) is 16.4. The number of furan rings is 1. The molecule has 0 atom stereocenters. The minimum atomic E-state index is -0.966. The van der Waals surface area contributed by atoms with Gasteiger partial charge in [0.05, 0.1) is 17.1 Å². The van der Waals surface area contributed by atoms with Crippen LogP contribution in [-0.2, 0) is 11.3 Å². The second kappa shape index (κ2) is 6.14. The maximum absolute atomic E-state index is 10.9. The van der Waals surface area contributed by atoms with Crippen LogP contribution in [0.2, 0.25) is 5.02 Å². The van der Waals surface area contributed by atoms with Gasteiger partial charge in [-0.05, 0) is 41.5 Å². The minimum Gasteiger partial charge on any atom is -0.478 e. The highest BCUT2D eigenvalue weighted by atomic mass is 35.5. The Bertz CT molecular complexity index is 883. The minimum absolute atomic E-state index is 0.228.